The van der Waals surface area contributed by atoms with E-state index in [0.29, 0.717) is 0 Å². The molecule has 0 radical (unpaired) electrons. The fourth-order valence-electron chi connectivity index (χ4n) is 12.7. The van der Waals surface area contributed by atoms with E-state index in [1.165, 1.54) is 38.9 Å². The quantitative estimate of drug-likeness (QED) is 0.149. The van der Waals surface area contributed by atoms with Crippen LogP contribution >= 0.6 is 0 Å². The van der Waals surface area contributed by atoms with Crippen molar-refractivity contribution in [3.05, 3.63) is 254 Å². The third-order valence-corrected chi connectivity index (χ3v) is 16.8. The van der Waals surface area contributed by atoms with Gasteiger partial charge in [-0.2, -0.15) is 0 Å². The van der Waals surface area contributed by atoms with E-state index in [4.69, 9.17) is 8.83 Å². The summed E-state index contributed by atoms with van der Waals surface area (Å²) >= 11 is 0. The molecule has 2 aromatic heterocycles. The van der Waals surface area contributed by atoms with Gasteiger partial charge in [0.1, 0.15) is 22.3 Å². The van der Waals surface area contributed by atoms with Gasteiger partial charge < -0.3 is 23.5 Å². The Balaban J connectivity index is 0.993. The first kappa shape index (κ1) is 47.7. The molecular weight excluding hydrogens is 974 g/mol. The van der Waals surface area contributed by atoms with Crippen LogP contribution in [0.2, 0.25) is 0 Å². The van der Waals surface area contributed by atoms with Crippen LogP contribution in [0, 0.1) is 0 Å². The Bertz CT molecular complexity index is 4520. The van der Waals surface area contributed by atoms with E-state index in [-0.39, 0.29) is 17.5 Å². The van der Waals surface area contributed by atoms with Gasteiger partial charge in [0.2, 0.25) is 0 Å². The molecule has 0 saturated carbocycles. The maximum Gasteiger partial charge on any atom is 0.252 e. The highest BCUT2D eigenvalue weighted by Crippen LogP contribution is 2.50. The molecule has 4 heterocycles. The van der Waals surface area contributed by atoms with Crippen molar-refractivity contribution in [3.8, 4) is 22.3 Å². The number of rotatable bonds is 7. The second kappa shape index (κ2) is 18.0. The highest BCUT2D eigenvalue weighted by molar-refractivity contribution is 7.00. The van der Waals surface area contributed by atoms with E-state index in [9.17, 15) is 0 Å². The molecule has 5 nitrogen and oxygen atoms in total. The predicted octanol–water partition coefficient (Wildman–Crippen LogP) is 19.0. The van der Waals surface area contributed by atoms with Gasteiger partial charge in [0.05, 0.1) is 5.69 Å². The van der Waals surface area contributed by atoms with Crippen molar-refractivity contribution in [1.82, 2.24) is 0 Å². The molecule has 0 saturated heterocycles. The first-order chi connectivity index (χ1) is 38.9. The molecule has 0 unspecified atom stereocenters. The van der Waals surface area contributed by atoms with Crippen molar-refractivity contribution in [3.63, 3.8) is 0 Å². The maximum absolute atomic E-state index is 6.61. The highest BCUT2D eigenvalue weighted by atomic mass is 16.3. The molecule has 0 N–H and O–H groups in total. The second-order valence-electron chi connectivity index (χ2n) is 23.7. The molecule has 0 amide bonds. The fraction of sp³-hybridized carbons (Fsp3) is 0.108. The van der Waals surface area contributed by atoms with Crippen molar-refractivity contribution in [1.29, 1.82) is 0 Å². The number of nitrogens with zero attached hydrogens (tertiary/aromatic N) is 3. The van der Waals surface area contributed by atoms with Gasteiger partial charge in [-0.3, -0.25) is 0 Å². The maximum atomic E-state index is 6.61. The molecule has 384 valence electrons. The Morgan fingerprint density at radius 2 is 0.800 bits per heavy atom. The number of fused-ring (bicyclic) bond motifs is 10. The van der Waals surface area contributed by atoms with Crippen molar-refractivity contribution < 1.29 is 8.83 Å². The van der Waals surface area contributed by atoms with Crippen molar-refractivity contribution >= 4 is 118 Å². The van der Waals surface area contributed by atoms with E-state index >= 15 is 0 Å². The Kier molecular flexibility index (Phi) is 10.7. The molecule has 13 aromatic rings. The predicted molar refractivity (Wildman–Crippen MR) is 338 cm³/mol. The number of anilines is 9. The van der Waals surface area contributed by atoms with Crippen LogP contribution in [0.3, 0.4) is 0 Å². The topological polar surface area (TPSA) is 36.0 Å². The van der Waals surface area contributed by atoms with Gasteiger partial charge in [0, 0.05) is 78.2 Å². The molecule has 0 bridgehead atoms. The number of hydrogen-bond donors (Lipinski definition) is 0. The molecule has 6 heteroatoms. The first-order valence-electron chi connectivity index (χ1n) is 27.9. The fourth-order valence-corrected chi connectivity index (χ4v) is 12.7. The molecular formula is C74H58BN3O2. The Labute approximate surface area is 467 Å². The number of hydrogen-bond acceptors (Lipinski definition) is 5. The van der Waals surface area contributed by atoms with Crippen LogP contribution in [-0.2, 0) is 10.8 Å². The van der Waals surface area contributed by atoms with Gasteiger partial charge in [-0.15, -0.1) is 0 Å². The van der Waals surface area contributed by atoms with Crippen LogP contribution in [0.5, 0.6) is 0 Å². The summed E-state index contributed by atoms with van der Waals surface area (Å²) in [5.41, 5.74) is 24.1. The summed E-state index contributed by atoms with van der Waals surface area (Å²) in [5, 5.41) is 4.49. The minimum Gasteiger partial charge on any atom is -0.455 e. The summed E-state index contributed by atoms with van der Waals surface area (Å²) < 4.78 is 13.2. The minimum atomic E-state index is -0.108. The van der Waals surface area contributed by atoms with Crippen LogP contribution in [-0.4, -0.2) is 6.71 Å². The monoisotopic (exact) mass is 1030 g/mol. The largest absolute Gasteiger partial charge is 0.455 e. The molecule has 11 aromatic carbocycles. The lowest BCUT2D eigenvalue weighted by atomic mass is 9.33. The van der Waals surface area contributed by atoms with E-state index in [1.807, 2.05) is 12.1 Å². The standard InChI is InChI=1S/C74H58BN3O2/c1-73(2,3)49-36-42-64-63(43-49)75-62-41-35-50(74(4,5)6)44-65(62)78(54-39-33-48(34-40-54)57-26-18-28-61-59-24-14-16-30-69(59)80-72(57)61)67-46-55(76(51-19-9-7-10-20-51)52-21-11-8-12-22-52)45-66(70(67)75)77(64)53-37-31-47(32-38-53)56-25-17-27-60-58-23-13-15-29-68(58)79-71(56)60/h7-46H,1-6H3. The molecule has 80 heavy (non-hydrogen) atoms. The zero-order valence-electron chi connectivity index (χ0n) is 45.8. The zero-order valence-corrected chi connectivity index (χ0v) is 45.8. The van der Waals surface area contributed by atoms with Gasteiger partial charge in [-0.05, 0) is 134 Å². The first-order valence-corrected chi connectivity index (χ1v) is 27.9. The van der Waals surface area contributed by atoms with Crippen molar-refractivity contribution in [2.45, 2.75) is 52.4 Å². The third kappa shape index (κ3) is 7.61. The van der Waals surface area contributed by atoms with Crippen LogP contribution in [0.25, 0.3) is 66.1 Å². The molecule has 0 atom stereocenters. The summed E-state index contributed by atoms with van der Waals surface area (Å²) in [5.74, 6) is 0. The van der Waals surface area contributed by atoms with Crippen LogP contribution in [0.1, 0.15) is 52.7 Å². The number of furan rings is 2. The van der Waals surface area contributed by atoms with E-state index in [0.717, 1.165) is 106 Å². The molecule has 15 rings (SSSR count). The minimum absolute atomic E-state index is 0.0836. The summed E-state index contributed by atoms with van der Waals surface area (Å²) in [7, 11) is 0. The van der Waals surface area contributed by atoms with Crippen LogP contribution in [0.15, 0.2) is 251 Å². The Morgan fingerprint density at radius 1 is 0.350 bits per heavy atom. The molecule has 2 aliphatic heterocycles. The molecule has 0 spiro atoms. The summed E-state index contributed by atoms with van der Waals surface area (Å²) in [4.78, 5) is 7.50. The van der Waals surface area contributed by atoms with E-state index in [1.54, 1.807) is 0 Å². The average Bonchev–Trinajstić information content (AvgIpc) is 4.21. The van der Waals surface area contributed by atoms with Gasteiger partial charge in [0.15, 0.2) is 0 Å². The van der Waals surface area contributed by atoms with Gasteiger partial charge in [0.25, 0.3) is 6.71 Å². The van der Waals surface area contributed by atoms with Gasteiger partial charge >= 0.3 is 0 Å². The zero-order chi connectivity index (χ0) is 54.0. The smallest absolute Gasteiger partial charge is 0.252 e. The highest BCUT2D eigenvalue weighted by Gasteiger charge is 2.45. The van der Waals surface area contributed by atoms with Crippen LogP contribution in [0.4, 0.5) is 51.2 Å². The van der Waals surface area contributed by atoms with Gasteiger partial charge in [-0.25, -0.2) is 0 Å². The Morgan fingerprint density at radius 3 is 1.31 bits per heavy atom. The number of benzene rings is 11. The van der Waals surface area contributed by atoms with E-state index < -0.39 is 0 Å². The summed E-state index contributed by atoms with van der Waals surface area (Å²) in [6.07, 6.45) is 0. The van der Waals surface area contributed by atoms with Crippen LogP contribution < -0.4 is 31.1 Å². The SMILES string of the molecule is CC(C)(C)c1ccc2c(c1)B1c3ccc(C(C)(C)C)cc3N(c3ccc(-c4cccc5c4oc4ccccc45)cc3)c3cc(N(c4ccccc4)c4ccccc4)cc(c31)N2c1ccc(-c2cccc3c2oc2ccccc23)cc1. The Hall–Kier alpha value is -9.52. The summed E-state index contributed by atoms with van der Waals surface area (Å²) in [6.45, 7) is 13.9. The number of para-hydroxylation sites is 6. The summed E-state index contributed by atoms with van der Waals surface area (Å²) in [6, 6.07) is 89.0. The van der Waals surface area contributed by atoms with Crippen molar-refractivity contribution in [2.75, 3.05) is 14.7 Å². The lowest BCUT2D eigenvalue weighted by Crippen LogP contribution is -2.61. The van der Waals surface area contributed by atoms with Gasteiger partial charge in [-0.1, -0.05) is 199 Å². The lowest BCUT2D eigenvalue weighted by molar-refractivity contribution is 0.590. The lowest BCUT2D eigenvalue weighted by Gasteiger charge is -2.45. The molecule has 0 aliphatic carbocycles. The molecule has 2 aliphatic rings. The second-order valence-corrected chi connectivity index (χ2v) is 23.7. The molecule has 0 fully saturated rings. The normalized spacial score (nSPS) is 13.1. The van der Waals surface area contributed by atoms with Crippen molar-refractivity contribution in [2.24, 2.45) is 0 Å². The average molecular weight is 1030 g/mol. The third-order valence-electron chi connectivity index (χ3n) is 16.8. The van der Waals surface area contributed by atoms with E-state index in [2.05, 4.69) is 287 Å².